The average Bonchev–Trinajstić information content (AvgIpc) is 2.63. The van der Waals surface area contributed by atoms with E-state index in [9.17, 15) is 4.79 Å². The Kier molecular flexibility index (Phi) is 2.25. The molecule has 0 bridgehead atoms. The lowest BCUT2D eigenvalue weighted by atomic mass is 9.98. The first kappa shape index (κ1) is 9.21. The van der Waals surface area contributed by atoms with Crippen molar-refractivity contribution in [2.75, 3.05) is 0 Å². The van der Waals surface area contributed by atoms with Crippen molar-refractivity contribution in [2.45, 2.75) is 31.8 Å². The topological polar surface area (TPSA) is 78.0 Å². The highest BCUT2D eigenvalue weighted by molar-refractivity contribution is 5.74. The zero-order valence-electron chi connectivity index (χ0n) is 7.95. The minimum absolute atomic E-state index is 0.0612. The molecule has 0 radical (unpaired) electrons. The van der Waals surface area contributed by atoms with Gasteiger partial charge in [-0.1, -0.05) is 6.92 Å². The minimum Gasteiger partial charge on any atom is -0.480 e. The summed E-state index contributed by atoms with van der Waals surface area (Å²) >= 11 is 0. The quantitative estimate of drug-likeness (QED) is 0.640. The monoisotopic (exact) mass is 195 g/mol. The van der Waals surface area contributed by atoms with E-state index in [0.717, 1.165) is 17.8 Å². The van der Waals surface area contributed by atoms with Crippen LogP contribution in [0, 0.1) is 0 Å². The molecule has 5 heteroatoms. The Morgan fingerprint density at radius 1 is 1.79 bits per heavy atom. The summed E-state index contributed by atoms with van der Waals surface area (Å²) < 4.78 is 0. The van der Waals surface area contributed by atoms with Gasteiger partial charge in [-0.15, -0.1) is 0 Å². The summed E-state index contributed by atoms with van der Waals surface area (Å²) in [4.78, 5) is 18.0. The number of rotatable bonds is 2. The Morgan fingerprint density at radius 2 is 2.57 bits per heavy atom. The average molecular weight is 195 g/mol. The Morgan fingerprint density at radius 3 is 3.21 bits per heavy atom. The Hall–Kier alpha value is -1.36. The van der Waals surface area contributed by atoms with Crippen LogP contribution in [0.15, 0.2) is 6.33 Å². The molecule has 0 amide bonds. The first-order chi connectivity index (χ1) is 6.72. The summed E-state index contributed by atoms with van der Waals surface area (Å²) in [5, 5.41) is 12.0. The van der Waals surface area contributed by atoms with Crippen LogP contribution in [0.25, 0.3) is 0 Å². The highest BCUT2D eigenvalue weighted by Crippen LogP contribution is 2.24. The number of carbonyl (C=O) groups is 1. The summed E-state index contributed by atoms with van der Waals surface area (Å²) in [5.74, 6) is -0.802. The smallest absolute Gasteiger partial charge is 0.321 e. The molecule has 0 spiro atoms. The number of aromatic nitrogens is 2. The molecule has 0 saturated heterocycles. The van der Waals surface area contributed by atoms with Gasteiger partial charge in [0.25, 0.3) is 0 Å². The molecule has 1 aromatic rings. The predicted octanol–water partition coefficient (Wildman–Crippen LogP) is 0.460. The van der Waals surface area contributed by atoms with Crippen LogP contribution < -0.4 is 5.32 Å². The third-order valence-electron chi connectivity index (χ3n) is 2.60. The van der Waals surface area contributed by atoms with Gasteiger partial charge in [0.05, 0.1) is 18.1 Å². The molecule has 76 valence electrons. The van der Waals surface area contributed by atoms with E-state index in [4.69, 9.17) is 5.11 Å². The first-order valence-corrected chi connectivity index (χ1v) is 4.73. The molecular weight excluding hydrogens is 182 g/mol. The van der Waals surface area contributed by atoms with Gasteiger partial charge in [0.2, 0.25) is 0 Å². The molecule has 3 N–H and O–H groups in total. The molecule has 0 aliphatic carbocycles. The highest BCUT2D eigenvalue weighted by Gasteiger charge is 2.30. The second-order valence-electron chi connectivity index (χ2n) is 3.49. The fourth-order valence-electron chi connectivity index (χ4n) is 1.85. The molecule has 0 fully saturated rings. The second kappa shape index (κ2) is 3.42. The number of H-pyrrole nitrogens is 1. The Bertz CT molecular complexity index is 348. The summed E-state index contributed by atoms with van der Waals surface area (Å²) in [5.41, 5.74) is 1.91. The largest absolute Gasteiger partial charge is 0.480 e. The fraction of sp³-hybridized carbons (Fsp3) is 0.556. The van der Waals surface area contributed by atoms with Crippen molar-refractivity contribution in [3.63, 3.8) is 0 Å². The van der Waals surface area contributed by atoms with Crippen LogP contribution in [0.2, 0.25) is 0 Å². The highest BCUT2D eigenvalue weighted by atomic mass is 16.4. The number of carboxylic acids is 1. The van der Waals surface area contributed by atoms with Crippen molar-refractivity contribution in [3.05, 3.63) is 17.7 Å². The van der Waals surface area contributed by atoms with Crippen molar-refractivity contribution in [3.8, 4) is 0 Å². The molecular formula is C9H13N3O2. The number of aliphatic carboxylic acids is 1. The molecule has 14 heavy (non-hydrogen) atoms. The fourth-order valence-corrected chi connectivity index (χ4v) is 1.85. The Balaban J connectivity index is 2.28. The molecule has 2 atom stereocenters. The van der Waals surface area contributed by atoms with Gasteiger partial charge in [-0.05, 0) is 6.42 Å². The molecule has 1 aliphatic heterocycles. The van der Waals surface area contributed by atoms with Crippen molar-refractivity contribution in [2.24, 2.45) is 0 Å². The van der Waals surface area contributed by atoms with Gasteiger partial charge < -0.3 is 10.1 Å². The molecule has 0 saturated carbocycles. The predicted molar refractivity (Wildman–Crippen MR) is 49.9 cm³/mol. The molecule has 1 aliphatic rings. The first-order valence-electron chi connectivity index (χ1n) is 4.73. The van der Waals surface area contributed by atoms with Gasteiger partial charge in [0, 0.05) is 12.1 Å². The van der Waals surface area contributed by atoms with E-state index in [1.807, 2.05) is 6.92 Å². The molecule has 0 aromatic carbocycles. The normalized spacial score (nSPS) is 25.8. The molecule has 2 heterocycles. The number of imidazole rings is 1. The lowest BCUT2D eigenvalue weighted by Gasteiger charge is -2.26. The summed E-state index contributed by atoms with van der Waals surface area (Å²) in [7, 11) is 0. The number of hydrogen-bond acceptors (Lipinski definition) is 3. The van der Waals surface area contributed by atoms with Gasteiger partial charge in [0.1, 0.15) is 6.04 Å². The van der Waals surface area contributed by atoms with E-state index in [2.05, 4.69) is 15.3 Å². The maximum absolute atomic E-state index is 10.9. The standard InChI is InChI=1S/C9H13N3O2/c1-2-5-8-6(10-4-11-8)3-7(12-5)9(13)14/h4-5,7,12H,2-3H2,1H3,(H,10,11)(H,13,14)/t5?,7-/m1/s1. The van der Waals surface area contributed by atoms with Crippen molar-refractivity contribution < 1.29 is 9.90 Å². The Labute approximate surface area is 81.5 Å². The van der Waals surface area contributed by atoms with Crippen LogP contribution in [0.1, 0.15) is 30.8 Å². The summed E-state index contributed by atoms with van der Waals surface area (Å²) in [6.07, 6.45) is 2.96. The minimum atomic E-state index is -0.802. The number of hydrogen-bond donors (Lipinski definition) is 3. The van der Waals surface area contributed by atoms with Crippen LogP contribution in [0.3, 0.4) is 0 Å². The van der Waals surface area contributed by atoms with Crippen molar-refractivity contribution in [1.29, 1.82) is 0 Å². The van der Waals surface area contributed by atoms with Crippen molar-refractivity contribution >= 4 is 5.97 Å². The van der Waals surface area contributed by atoms with E-state index in [1.54, 1.807) is 6.33 Å². The van der Waals surface area contributed by atoms with Gasteiger partial charge >= 0.3 is 5.97 Å². The van der Waals surface area contributed by atoms with Gasteiger partial charge in [-0.2, -0.15) is 0 Å². The second-order valence-corrected chi connectivity index (χ2v) is 3.49. The maximum Gasteiger partial charge on any atom is 0.321 e. The van der Waals surface area contributed by atoms with Gasteiger partial charge in [-0.3, -0.25) is 10.1 Å². The number of nitrogens with one attached hydrogen (secondary N) is 2. The number of fused-ring (bicyclic) bond motifs is 1. The van der Waals surface area contributed by atoms with Crippen LogP contribution in [0.5, 0.6) is 0 Å². The van der Waals surface area contributed by atoms with E-state index < -0.39 is 12.0 Å². The van der Waals surface area contributed by atoms with Gasteiger partial charge in [-0.25, -0.2) is 4.98 Å². The van der Waals surface area contributed by atoms with E-state index in [-0.39, 0.29) is 6.04 Å². The summed E-state index contributed by atoms with van der Waals surface area (Å²) in [6.45, 7) is 2.01. The van der Waals surface area contributed by atoms with Gasteiger partial charge in [0.15, 0.2) is 0 Å². The molecule has 2 rings (SSSR count). The lowest BCUT2D eigenvalue weighted by Crippen LogP contribution is -2.44. The number of carboxylic acid groups (broad SMARTS) is 1. The molecule has 1 aromatic heterocycles. The molecule has 5 nitrogen and oxygen atoms in total. The van der Waals surface area contributed by atoms with Crippen LogP contribution in [-0.2, 0) is 11.2 Å². The third kappa shape index (κ3) is 1.39. The van der Waals surface area contributed by atoms with Crippen LogP contribution in [-0.4, -0.2) is 27.1 Å². The third-order valence-corrected chi connectivity index (χ3v) is 2.60. The molecule has 1 unspecified atom stereocenters. The maximum atomic E-state index is 10.9. The summed E-state index contributed by atoms with van der Waals surface area (Å²) in [6, 6.07) is -0.431. The van der Waals surface area contributed by atoms with Crippen molar-refractivity contribution in [1.82, 2.24) is 15.3 Å². The van der Waals surface area contributed by atoms with Crippen LogP contribution >= 0.6 is 0 Å². The van der Waals surface area contributed by atoms with E-state index in [0.29, 0.717) is 6.42 Å². The van der Waals surface area contributed by atoms with Crippen LogP contribution in [0.4, 0.5) is 0 Å². The zero-order chi connectivity index (χ0) is 10.1. The van der Waals surface area contributed by atoms with E-state index in [1.165, 1.54) is 0 Å². The number of nitrogens with zero attached hydrogens (tertiary/aromatic N) is 1. The zero-order valence-corrected chi connectivity index (χ0v) is 7.95. The number of aromatic amines is 1. The SMILES string of the molecule is CCC1N[C@@H](C(=O)O)Cc2[nH]cnc21. The lowest BCUT2D eigenvalue weighted by molar-refractivity contribution is -0.139. The van der Waals surface area contributed by atoms with E-state index >= 15 is 0 Å².